The third kappa shape index (κ3) is 4.21. The van der Waals surface area contributed by atoms with Crippen LogP contribution in [-0.2, 0) is 6.42 Å². The van der Waals surface area contributed by atoms with E-state index < -0.39 is 0 Å². The number of ether oxygens (including phenoxy) is 1. The molecule has 0 atom stereocenters. The average molecular weight is 237 g/mol. The van der Waals surface area contributed by atoms with Crippen molar-refractivity contribution < 1.29 is 4.74 Å². The predicted octanol–water partition coefficient (Wildman–Crippen LogP) is 3.04. The third-order valence-corrected chi connectivity index (χ3v) is 2.54. The van der Waals surface area contributed by atoms with Crippen LogP contribution in [-0.4, -0.2) is 23.1 Å². The van der Waals surface area contributed by atoms with Crippen molar-refractivity contribution in [3.63, 3.8) is 0 Å². The lowest BCUT2D eigenvalue weighted by molar-refractivity contribution is 0.294. The normalized spacial score (nSPS) is 10.3. The summed E-state index contributed by atoms with van der Waals surface area (Å²) >= 11 is 0. The van der Waals surface area contributed by atoms with Gasteiger partial charge >= 0.3 is 0 Å². The average Bonchev–Trinajstić information content (AvgIpc) is 2.36. The van der Waals surface area contributed by atoms with Crippen molar-refractivity contribution in [1.29, 1.82) is 0 Å². The van der Waals surface area contributed by atoms with Crippen molar-refractivity contribution in [2.75, 3.05) is 18.5 Å². The molecule has 1 N–H and O–H groups in total. The second-order valence-corrected chi connectivity index (χ2v) is 3.99. The van der Waals surface area contributed by atoms with E-state index in [9.17, 15) is 0 Å². The molecular formula is C13H23N3O. The molecule has 0 spiro atoms. The Balaban J connectivity index is 2.74. The van der Waals surface area contributed by atoms with Crippen molar-refractivity contribution in [3.05, 3.63) is 11.9 Å². The van der Waals surface area contributed by atoms with E-state index in [-0.39, 0.29) is 0 Å². The van der Waals surface area contributed by atoms with Crippen LogP contribution in [0.4, 0.5) is 5.82 Å². The SMILES string of the molecule is CCCCOc1ncnc(NCCC)c1CC. The minimum atomic E-state index is 0.730. The molecule has 0 saturated heterocycles. The van der Waals surface area contributed by atoms with Crippen LogP contribution in [0.3, 0.4) is 0 Å². The van der Waals surface area contributed by atoms with E-state index >= 15 is 0 Å². The molecule has 0 radical (unpaired) electrons. The highest BCUT2D eigenvalue weighted by Gasteiger charge is 2.10. The first kappa shape index (κ1) is 13.7. The Kier molecular flexibility index (Phi) is 6.37. The summed E-state index contributed by atoms with van der Waals surface area (Å²) in [6.07, 6.45) is 5.73. The van der Waals surface area contributed by atoms with E-state index in [0.717, 1.165) is 56.1 Å². The Bertz CT molecular complexity index is 328. The van der Waals surface area contributed by atoms with Crippen molar-refractivity contribution in [2.45, 2.75) is 46.5 Å². The molecule has 0 aromatic carbocycles. The van der Waals surface area contributed by atoms with Gasteiger partial charge in [0.1, 0.15) is 12.1 Å². The van der Waals surface area contributed by atoms with Crippen LogP contribution in [0.15, 0.2) is 6.33 Å². The van der Waals surface area contributed by atoms with Gasteiger partial charge in [0.15, 0.2) is 0 Å². The van der Waals surface area contributed by atoms with Crippen molar-refractivity contribution in [3.8, 4) is 5.88 Å². The molecule has 0 fully saturated rings. The van der Waals surface area contributed by atoms with Crippen LogP contribution in [0.5, 0.6) is 5.88 Å². The predicted molar refractivity (Wildman–Crippen MR) is 70.6 cm³/mol. The Hall–Kier alpha value is -1.32. The van der Waals surface area contributed by atoms with Crippen LogP contribution < -0.4 is 10.1 Å². The van der Waals surface area contributed by atoms with Gasteiger partial charge in [-0.05, 0) is 19.3 Å². The molecule has 0 unspecified atom stereocenters. The maximum atomic E-state index is 5.70. The van der Waals surface area contributed by atoms with Crippen LogP contribution in [0, 0.1) is 0 Å². The summed E-state index contributed by atoms with van der Waals surface area (Å²) in [6.45, 7) is 8.05. The molecule has 0 amide bonds. The van der Waals surface area contributed by atoms with Crippen LogP contribution in [0.2, 0.25) is 0 Å². The fourth-order valence-corrected chi connectivity index (χ4v) is 1.55. The van der Waals surface area contributed by atoms with Gasteiger partial charge in [0.2, 0.25) is 5.88 Å². The molecule has 4 heteroatoms. The van der Waals surface area contributed by atoms with Crippen molar-refractivity contribution in [1.82, 2.24) is 9.97 Å². The minimum absolute atomic E-state index is 0.730. The summed E-state index contributed by atoms with van der Waals surface area (Å²) < 4.78 is 5.70. The molecule has 1 heterocycles. The summed E-state index contributed by atoms with van der Waals surface area (Å²) in [5.41, 5.74) is 1.08. The topological polar surface area (TPSA) is 47.0 Å². The maximum absolute atomic E-state index is 5.70. The van der Waals surface area contributed by atoms with E-state index in [1.54, 1.807) is 6.33 Å². The number of nitrogens with zero attached hydrogens (tertiary/aromatic N) is 2. The number of anilines is 1. The molecule has 17 heavy (non-hydrogen) atoms. The summed E-state index contributed by atoms with van der Waals surface area (Å²) in [7, 11) is 0. The summed E-state index contributed by atoms with van der Waals surface area (Å²) in [4.78, 5) is 8.49. The Morgan fingerprint density at radius 3 is 2.65 bits per heavy atom. The zero-order valence-corrected chi connectivity index (χ0v) is 11.1. The van der Waals surface area contributed by atoms with E-state index in [0.29, 0.717) is 0 Å². The largest absolute Gasteiger partial charge is 0.477 e. The first-order valence-corrected chi connectivity index (χ1v) is 6.53. The molecule has 1 rings (SSSR count). The highest BCUT2D eigenvalue weighted by molar-refractivity contribution is 5.48. The van der Waals surface area contributed by atoms with Gasteiger partial charge in [0.05, 0.1) is 12.2 Å². The van der Waals surface area contributed by atoms with Gasteiger partial charge in [0.25, 0.3) is 0 Å². The summed E-state index contributed by atoms with van der Waals surface area (Å²) in [6, 6.07) is 0. The quantitative estimate of drug-likeness (QED) is 0.706. The molecule has 1 aromatic heterocycles. The van der Waals surface area contributed by atoms with Crippen LogP contribution in [0.1, 0.15) is 45.6 Å². The Morgan fingerprint density at radius 1 is 1.18 bits per heavy atom. The molecule has 0 aliphatic carbocycles. The molecule has 0 aliphatic heterocycles. The van der Waals surface area contributed by atoms with Crippen LogP contribution >= 0.6 is 0 Å². The van der Waals surface area contributed by atoms with Gasteiger partial charge in [-0.25, -0.2) is 9.97 Å². The second kappa shape index (κ2) is 7.87. The first-order valence-electron chi connectivity index (χ1n) is 6.53. The lowest BCUT2D eigenvalue weighted by Crippen LogP contribution is -2.09. The van der Waals surface area contributed by atoms with E-state index in [2.05, 4.69) is 36.1 Å². The molecular weight excluding hydrogens is 214 g/mol. The molecule has 4 nitrogen and oxygen atoms in total. The van der Waals surface area contributed by atoms with Crippen molar-refractivity contribution >= 4 is 5.82 Å². The fourth-order valence-electron chi connectivity index (χ4n) is 1.55. The minimum Gasteiger partial charge on any atom is -0.477 e. The second-order valence-electron chi connectivity index (χ2n) is 3.99. The van der Waals surface area contributed by atoms with Crippen molar-refractivity contribution in [2.24, 2.45) is 0 Å². The summed E-state index contributed by atoms with van der Waals surface area (Å²) in [5, 5.41) is 3.31. The number of hydrogen-bond donors (Lipinski definition) is 1. The van der Waals surface area contributed by atoms with Gasteiger partial charge in [-0.3, -0.25) is 0 Å². The Morgan fingerprint density at radius 2 is 2.00 bits per heavy atom. The molecule has 0 bridgehead atoms. The van der Waals surface area contributed by atoms with Gasteiger partial charge in [0, 0.05) is 6.54 Å². The maximum Gasteiger partial charge on any atom is 0.221 e. The van der Waals surface area contributed by atoms with Gasteiger partial charge in [-0.2, -0.15) is 0 Å². The highest BCUT2D eigenvalue weighted by atomic mass is 16.5. The zero-order valence-electron chi connectivity index (χ0n) is 11.1. The van der Waals surface area contributed by atoms with Crippen LogP contribution in [0.25, 0.3) is 0 Å². The van der Waals surface area contributed by atoms with Gasteiger partial charge in [-0.1, -0.05) is 27.2 Å². The fraction of sp³-hybridized carbons (Fsp3) is 0.692. The van der Waals surface area contributed by atoms with E-state index in [4.69, 9.17) is 4.74 Å². The first-order chi connectivity index (χ1) is 8.33. The van der Waals surface area contributed by atoms with Gasteiger partial charge in [-0.15, -0.1) is 0 Å². The molecule has 0 aliphatic rings. The number of rotatable bonds is 8. The smallest absolute Gasteiger partial charge is 0.221 e. The standard InChI is InChI=1S/C13H23N3O/c1-4-7-9-17-13-11(6-3)12(14-8-5-2)15-10-16-13/h10H,4-9H2,1-3H3,(H,14,15,16). The number of aromatic nitrogens is 2. The van der Waals surface area contributed by atoms with Gasteiger partial charge < -0.3 is 10.1 Å². The lowest BCUT2D eigenvalue weighted by atomic mass is 10.2. The number of unbranched alkanes of at least 4 members (excludes halogenated alkanes) is 1. The number of hydrogen-bond acceptors (Lipinski definition) is 4. The number of nitrogens with one attached hydrogen (secondary N) is 1. The molecule has 1 aromatic rings. The van der Waals surface area contributed by atoms with E-state index in [1.807, 2.05) is 0 Å². The molecule has 0 saturated carbocycles. The zero-order chi connectivity index (χ0) is 12.5. The van der Waals surface area contributed by atoms with E-state index in [1.165, 1.54) is 0 Å². The Labute approximate surface area is 104 Å². The monoisotopic (exact) mass is 237 g/mol. The lowest BCUT2D eigenvalue weighted by Gasteiger charge is -2.13. The molecule has 96 valence electrons. The third-order valence-electron chi connectivity index (χ3n) is 2.54. The highest BCUT2D eigenvalue weighted by Crippen LogP contribution is 2.22. The summed E-state index contributed by atoms with van der Waals surface area (Å²) in [5.74, 6) is 1.64.